The van der Waals surface area contributed by atoms with Crippen LogP contribution in [-0.2, 0) is 11.3 Å². The Morgan fingerprint density at radius 2 is 1.86 bits per heavy atom. The van der Waals surface area contributed by atoms with Gasteiger partial charge in [-0.15, -0.1) is 0 Å². The summed E-state index contributed by atoms with van der Waals surface area (Å²) in [5.74, 6) is 1.27. The van der Waals surface area contributed by atoms with E-state index in [0.29, 0.717) is 24.6 Å². The molecule has 3 aromatic rings. The first kappa shape index (κ1) is 19.4. The van der Waals surface area contributed by atoms with Crippen molar-refractivity contribution in [2.24, 2.45) is 0 Å². The lowest BCUT2D eigenvalue weighted by atomic mass is 10.1. The molecule has 0 unspecified atom stereocenters. The first-order chi connectivity index (χ1) is 13.7. The fourth-order valence-electron chi connectivity index (χ4n) is 3.07. The molecule has 5 nitrogen and oxygen atoms in total. The summed E-state index contributed by atoms with van der Waals surface area (Å²) in [7, 11) is 3.21. The Bertz CT molecular complexity index is 993. The van der Waals surface area contributed by atoms with E-state index in [1.807, 2.05) is 61.5 Å². The molecule has 0 saturated carbocycles. The van der Waals surface area contributed by atoms with Gasteiger partial charge in [0.15, 0.2) is 11.5 Å². The summed E-state index contributed by atoms with van der Waals surface area (Å²) >= 11 is 0. The van der Waals surface area contributed by atoms with Gasteiger partial charge in [-0.25, -0.2) is 0 Å². The summed E-state index contributed by atoms with van der Waals surface area (Å²) in [6.07, 6.45) is 5.19. The Labute approximate surface area is 165 Å². The van der Waals surface area contributed by atoms with Crippen LogP contribution in [0.1, 0.15) is 18.1 Å². The van der Waals surface area contributed by atoms with E-state index in [9.17, 15) is 4.79 Å². The monoisotopic (exact) mass is 376 g/mol. The maximum absolute atomic E-state index is 12.7. The van der Waals surface area contributed by atoms with E-state index in [-0.39, 0.29) is 5.91 Å². The topological polar surface area (TPSA) is 51.7 Å². The van der Waals surface area contributed by atoms with Crippen molar-refractivity contribution >= 4 is 22.9 Å². The Balaban J connectivity index is 1.77. The molecule has 0 atom stereocenters. The van der Waals surface area contributed by atoms with Crippen LogP contribution >= 0.6 is 0 Å². The lowest BCUT2D eigenvalue weighted by Gasteiger charge is -2.20. The highest BCUT2D eigenvalue weighted by molar-refractivity contribution is 5.95. The number of carbonyl (C=O) groups is 1. The minimum Gasteiger partial charge on any atom is -0.493 e. The molecule has 0 N–H and O–H groups in total. The van der Waals surface area contributed by atoms with E-state index >= 15 is 0 Å². The number of para-hydroxylation sites is 1. The third-order valence-corrected chi connectivity index (χ3v) is 4.58. The number of nitrogens with zero attached hydrogens (tertiary/aromatic N) is 2. The van der Waals surface area contributed by atoms with Gasteiger partial charge in [0.2, 0.25) is 5.91 Å². The van der Waals surface area contributed by atoms with E-state index in [2.05, 4.69) is 4.98 Å². The van der Waals surface area contributed by atoms with Crippen molar-refractivity contribution in [2.75, 3.05) is 20.8 Å². The lowest BCUT2D eigenvalue weighted by molar-refractivity contribution is -0.126. The predicted molar refractivity (Wildman–Crippen MR) is 111 cm³/mol. The van der Waals surface area contributed by atoms with Crippen molar-refractivity contribution in [1.29, 1.82) is 0 Å². The van der Waals surface area contributed by atoms with Crippen LogP contribution in [0.3, 0.4) is 0 Å². The molecule has 0 aliphatic heterocycles. The van der Waals surface area contributed by atoms with Gasteiger partial charge in [0.1, 0.15) is 0 Å². The average molecular weight is 376 g/mol. The molecular formula is C23H24N2O3. The van der Waals surface area contributed by atoms with E-state index < -0.39 is 0 Å². The Morgan fingerprint density at radius 1 is 1.07 bits per heavy atom. The van der Waals surface area contributed by atoms with Crippen molar-refractivity contribution in [3.05, 3.63) is 71.9 Å². The predicted octanol–water partition coefficient (Wildman–Crippen LogP) is 4.31. The van der Waals surface area contributed by atoms with Crippen molar-refractivity contribution < 1.29 is 14.3 Å². The zero-order valence-corrected chi connectivity index (χ0v) is 16.4. The normalized spacial score (nSPS) is 11.0. The van der Waals surface area contributed by atoms with Gasteiger partial charge in [0.25, 0.3) is 0 Å². The molecule has 0 fully saturated rings. The number of amides is 1. The van der Waals surface area contributed by atoms with Crippen molar-refractivity contribution in [3.8, 4) is 11.5 Å². The molecule has 0 radical (unpaired) electrons. The SMILES string of the molecule is CCN(Cc1ccc(OC)c(OC)c1)C(=O)/C=C/c1cccc2cccnc12. The van der Waals surface area contributed by atoms with Gasteiger partial charge < -0.3 is 14.4 Å². The molecule has 0 aliphatic rings. The maximum atomic E-state index is 12.7. The quantitative estimate of drug-likeness (QED) is 0.577. The zero-order chi connectivity index (χ0) is 19.9. The van der Waals surface area contributed by atoms with E-state index in [1.54, 1.807) is 31.4 Å². The molecule has 0 bridgehead atoms. The minimum atomic E-state index is -0.0507. The molecular weight excluding hydrogens is 352 g/mol. The van der Waals surface area contributed by atoms with Crippen LogP contribution in [0.4, 0.5) is 0 Å². The lowest BCUT2D eigenvalue weighted by Crippen LogP contribution is -2.28. The van der Waals surface area contributed by atoms with Crippen LogP contribution in [0.15, 0.2) is 60.8 Å². The second kappa shape index (κ2) is 9.04. The largest absolute Gasteiger partial charge is 0.493 e. The second-order valence-electron chi connectivity index (χ2n) is 6.30. The van der Waals surface area contributed by atoms with Gasteiger partial charge in [-0.05, 0) is 36.8 Å². The molecule has 0 spiro atoms. The number of methoxy groups -OCH3 is 2. The van der Waals surface area contributed by atoms with Crippen molar-refractivity contribution in [3.63, 3.8) is 0 Å². The molecule has 1 heterocycles. The molecule has 2 aromatic carbocycles. The third-order valence-electron chi connectivity index (χ3n) is 4.58. The molecule has 3 rings (SSSR count). The highest BCUT2D eigenvalue weighted by atomic mass is 16.5. The van der Waals surface area contributed by atoms with Crippen molar-refractivity contribution in [2.45, 2.75) is 13.5 Å². The van der Waals surface area contributed by atoms with E-state index in [1.165, 1.54) is 0 Å². The van der Waals surface area contributed by atoms with Gasteiger partial charge in [-0.1, -0.05) is 30.3 Å². The first-order valence-electron chi connectivity index (χ1n) is 9.18. The number of fused-ring (bicyclic) bond motifs is 1. The number of hydrogen-bond donors (Lipinski definition) is 0. The highest BCUT2D eigenvalue weighted by Crippen LogP contribution is 2.28. The molecule has 144 valence electrons. The summed E-state index contributed by atoms with van der Waals surface area (Å²) in [5.41, 5.74) is 2.79. The molecule has 0 aliphatic carbocycles. The van der Waals surface area contributed by atoms with Crippen LogP contribution in [0.5, 0.6) is 11.5 Å². The maximum Gasteiger partial charge on any atom is 0.246 e. The van der Waals surface area contributed by atoms with E-state index in [4.69, 9.17) is 9.47 Å². The van der Waals surface area contributed by atoms with Gasteiger partial charge in [-0.3, -0.25) is 9.78 Å². The van der Waals surface area contributed by atoms with Gasteiger partial charge in [0.05, 0.1) is 19.7 Å². The number of aromatic nitrogens is 1. The van der Waals surface area contributed by atoms with Crippen molar-refractivity contribution in [1.82, 2.24) is 9.88 Å². The Morgan fingerprint density at radius 3 is 2.61 bits per heavy atom. The molecule has 5 heteroatoms. The summed E-state index contributed by atoms with van der Waals surface area (Å²) in [5, 5.41) is 1.05. The van der Waals surface area contributed by atoms with E-state index in [0.717, 1.165) is 22.0 Å². The number of carbonyl (C=O) groups excluding carboxylic acids is 1. The fraction of sp³-hybridized carbons (Fsp3) is 0.217. The smallest absolute Gasteiger partial charge is 0.246 e. The first-order valence-corrected chi connectivity index (χ1v) is 9.18. The number of hydrogen-bond acceptors (Lipinski definition) is 4. The van der Waals surface area contributed by atoms with Gasteiger partial charge in [0, 0.05) is 36.3 Å². The molecule has 1 amide bonds. The number of ether oxygens (including phenoxy) is 2. The summed E-state index contributed by atoms with van der Waals surface area (Å²) < 4.78 is 10.6. The highest BCUT2D eigenvalue weighted by Gasteiger charge is 2.12. The molecule has 28 heavy (non-hydrogen) atoms. The summed E-state index contributed by atoms with van der Waals surface area (Å²) in [6, 6.07) is 15.5. The molecule has 0 saturated heterocycles. The number of pyridine rings is 1. The third kappa shape index (κ3) is 4.31. The second-order valence-corrected chi connectivity index (χ2v) is 6.30. The Hall–Kier alpha value is -3.34. The number of rotatable bonds is 7. The average Bonchev–Trinajstić information content (AvgIpc) is 2.75. The summed E-state index contributed by atoms with van der Waals surface area (Å²) in [4.78, 5) is 18.9. The fourth-order valence-corrected chi connectivity index (χ4v) is 3.07. The Kier molecular flexibility index (Phi) is 6.27. The van der Waals surface area contributed by atoms with Crippen LogP contribution < -0.4 is 9.47 Å². The van der Waals surface area contributed by atoms with Crippen LogP contribution in [-0.4, -0.2) is 36.6 Å². The van der Waals surface area contributed by atoms with Crippen LogP contribution in [0, 0.1) is 0 Å². The number of likely N-dealkylation sites (N-methyl/N-ethyl adjacent to an activating group) is 1. The molecule has 1 aromatic heterocycles. The standard InChI is InChI=1S/C23H24N2O3/c1-4-25(16-17-10-12-20(27-2)21(15-17)28-3)22(26)13-11-19-8-5-7-18-9-6-14-24-23(18)19/h5-15H,4,16H2,1-3H3/b13-11+. The van der Waals surface area contributed by atoms with Gasteiger partial charge >= 0.3 is 0 Å². The number of benzene rings is 2. The minimum absolute atomic E-state index is 0.0507. The van der Waals surface area contributed by atoms with Gasteiger partial charge in [-0.2, -0.15) is 0 Å². The van der Waals surface area contributed by atoms with Crippen LogP contribution in [0.25, 0.3) is 17.0 Å². The zero-order valence-electron chi connectivity index (χ0n) is 16.4. The van der Waals surface area contributed by atoms with Crippen LogP contribution in [0.2, 0.25) is 0 Å². The summed E-state index contributed by atoms with van der Waals surface area (Å²) in [6.45, 7) is 3.06.